The predicted octanol–water partition coefficient (Wildman–Crippen LogP) is 4.00. The van der Waals surface area contributed by atoms with Crippen LogP contribution in [0.4, 0.5) is 0 Å². The Bertz CT molecular complexity index is 1060. The van der Waals surface area contributed by atoms with Crippen LogP contribution in [0.3, 0.4) is 0 Å². The third kappa shape index (κ3) is 3.38. The smallest absolute Gasteiger partial charge is 0.264 e. The molecular weight excluding hydrogens is 340 g/mol. The molecule has 1 aromatic carbocycles. The van der Waals surface area contributed by atoms with E-state index in [0.29, 0.717) is 23.7 Å². The van der Waals surface area contributed by atoms with Gasteiger partial charge in [0.15, 0.2) is 0 Å². The van der Waals surface area contributed by atoms with Crippen molar-refractivity contribution in [3.8, 4) is 11.6 Å². The molecule has 3 heterocycles. The van der Waals surface area contributed by atoms with E-state index in [1.807, 2.05) is 56.3 Å². The molecule has 0 spiro atoms. The van der Waals surface area contributed by atoms with Gasteiger partial charge < -0.3 is 4.42 Å². The molecule has 3 aromatic heterocycles. The highest BCUT2D eigenvalue weighted by Gasteiger charge is 2.19. The van der Waals surface area contributed by atoms with Crippen LogP contribution in [-0.4, -0.2) is 25.4 Å². The van der Waals surface area contributed by atoms with Crippen LogP contribution in [0, 0.1) is 6.92 Å². The molecule has 0 aliphatic heterocycles. The topological polar surface area (TPSA) is 73.3 Å². The number of hydrogen-bond donors (Lipinski definition) is 0. The highest BCUT2D eigenvalue weighted by molar-refractivity contribution is 5.87. The van der Waals surface area contributed by atoms with Gasteiger partial charge in [0.05, 0.1) is 6.20 Å². The molecule has 1 atom stereocenters. The average molecular weight is 360 g/mol. The average Bonchev–Trinajstić information content (AvgIpc) is 3.26. The van der Waals surface area contributed by atoms with Gasteiger partial charge in [-0.2, -0.15) is 4.52 Å². The number of benzene rings is 1. The van der Waals surface area contributed by atoms with E-state index in [1.54, 1.807) is 16.9 Å². The van der Waals surface area contributed by atoms with Gasteiger partial charge in [0.1, 0.15) is 17.3 Å². The number of imidazole rings is 1. The van der Waals surface area contributed by atoms with Crippen LogP contribution in [0.2, 0.25) is 0 Å². The minimum atomic E-state index is -0.0882. The van der Waals surface area contributed by atoms with Crippen molar-refractivity contribution < 1.29 is 9.21 Å². The third-order valence-corrected chi connectivity index (χ3v) is 4.69. The maximum atomic E-state index is 12.8. The van der Waals surface area contributed by atoms with Crippen LogP contribution in [0.1, 0.15) is 36.2 Å². The minimum absolute atomic E-state index is 0.0882. The summed E-state index contributed by atoms with van der Waals surface area (Å²) in [7, 11) is 0. The van der Waals surface area contributed by atoms with Crippen LogP contribution < -0.4 is 0 Å². The Morgan fingerprint density at radius 3 is 2.59 bits per heavy atom. The zero-order valence-corrected chi connectivity index (χ0v) is 15.3. The zero-order valence-electron chi connectivity index (χ0n) is 15.3. The van der Waals surface area contributed by atoms with Crippen LogP contribution in [0.25, 0.3) is 17.3 Å². The Morgan fingerprint density at radius 1 is 1.11 bits per heavy atom. The van der Waals surface area contributed by atoms with E-state index >= 15 is 0 Å². The second-order valence-corrected chi connectivity index (χ2v) is 6.53. The molecule has 4 rings (SSSR count). The normalized spacial score (nSPS) is 12.4. The van der Waals surface area contributed by atoms with Gasteiger partial charge in [-0.1, -0.05) is 43.3 Å². The van der Waals surface area contributed by atoms with Gasteiger partial charge in [-0.3, -0.25) is 9.78 Å². The molecule has 0 saturated heterocycles. The monoisotopic (exact) mass is 360 g/mol. The summed E-state index contributed by atoms with van der Waals surface area (Å²) in [4.78, 5) is 21.3. The van der Waals surface area contributed by atoms with E-state index in [0.717, 1.165) is 23.4 Å². The summed E-state index contributed by atoms with van der Waals surface area (Å²) in [6.45, 7) is 3.90. The first-order valence-electron chi connectivity index (χ1n) is 9.00. The second-order valence-electron chi connectivity index (χ2n) is 6.53. The molecule has 0 fully saturated rings. The minimum Gasteiger partial charge on any atom is -0.415 e. The highest BCUT2D eigenvalue weighted by atomic mass is 16.4. The second kappa shape index (κ2) is 7.15. The number of pyridine rings is 1. The molecule has 0 amide bonds. The summed E-state index contributed by atoms with van der Waals surface area (Å²) in [5.41, 5.74) is 3.16. The number of carbonyl (C=O) groups is 1. The number of ketones is 1. The molecule has 0 bridgehead atoms. The van der Waals surface area contributed by atoms with Crippen molar-refractivity contribution in [2.45, 2.75) is 32.6 Å². The Hall–Kier alpha value is -3.28. The lowest BCUT2D eigenvalue weighted by molar-refractivity contribution is -0.119. The van der Waals surface area contributed by atoms with Crippen LogP contribution in [-0.2, 0) is 11.2 Å². The molecule has 4 aromatic rings. The number of Topliss-reactive ketones (excluding diaryl/α,β-unsaturated/α-hetero) is 1. The Labute approximate surface area is 156 Å². The largest absolute Gasteiger partial charge is 0.415 e. The lowest BCUT2D eigenvalue weighted by Gasteiger charge is -2.14. The molecular formula is C21H20N4O2. The molecule has 0 aliphatic rings. The van der Waals surface area contributed by atoms with E-state index in [9.17, 15) is 4.79 Å². The first-order valence-corrected chi connectivity index (χ1v) is 9.00. The summed E-state index contributed by atoms with van der Waals surface area (Å²) >= 11 is 0. The molecule has 0 saturated carbocycles. The molecule has 0 N–H and O–H groups in total. The molecule has 27 heavy (non-hydrogen) atoms. The maximum absolute atomic E-state index is 12.8. The standard InChI is InChI=1S/C21H20N4O2/c1-3-17(16-7-5-4-6-8-16)19(26)11-15-9-10-18(23-12-15)21-24-25-14(2)22-13-20(25)27-21/h4-10,12-13,17H,3,11H2,1-2H3. The van der Waals surface area contributed by atoms with Crippen molar-refractivity contribution in [2.24, 2.45) is 0 Å². The fraction of sp³-hybridized carbons (Fsp3) is 0.238. The fourth-order valence-electron chi connectivity index (χ4n) is 3.24. The summed E-state index contributed by atoms with van der Waals surface area (Å²) in [5.74, 6) is 1.30. The Morgan fingerprint density at radius 2 is 1.93 bits per heavy atom. The van der Waals surface area contributed by atoms with Gasteiger partial charge >= 0.3 is 0 Å². The number of nitrogens with zero attached hydrogens (tertiary/aromatic N) is 4. The number of aryl methyl sites for hydroxylation is 1. The molecule has 6 heteroatoms. The number of aromatic nitrogens is 4. The SMILES string of the molecule is CCC(C(=O)Cc1ccc(-c2nn3c(C)ncc3o2)nc1)c1ccccc1. The quantitative estimate of drug-likeness (QED) is 0.520. The first kappa shape index (κ1) is 17.1. The van der Waals surface area contributed by atoms with Gasteiger partial charge in [0, 0.05) is 18.5 Å². The molecule has 0 radical (unpaired) electrons. The van der Waals surface area contributed by atoms with E-state index < -0.39 is 0 Å². The fourth-order valence-corrected chi connectivity index (χ4v) is 3.24. The molecule has 0 aliphatic carbocycles. The summed E-state index contributed by atoms with van der Waals surface area (Å²) in [6.07, 6.45) is 4.49. The molecule has 6 nitrogen and oxygen atoms in total. The Balaban J connectivity index is 1.51. The third-order valence-electron chi connectivity index (χ3n) is 4.69. The van der Waals surface area contributed by atoms with Crippen molar-refractivity contribution >= 4 is 11.5 Å². The lowest BCUT2D eigenvalue weighted by atomic mass is 9.89. The van der Waals surface area contributed by atoms with Gasteiger partial charge in [-0.15, -0.1) is 5.10 Å². The van der Waals surface area contributed by atoms with E-state index in [-0.39, 0.29) is 11.7 Å². The number of fused-ring (bicyclic) bond motifs is 1. The summed E-state index contributed by atoms with van der Waals surface area (Å²) < 4.78 is 7.31. The van der Waals surface area contributed by atoms with Crippen molar-refractivity contribution in [2.75, 3.05) is 0 Å². The van der Waals surface area contributed by atoms with Crippen molar-refractivity contribution in [1.29, 1.82) is 0 Å². The van der Waals surface area contributed by atoms with Crippen LogP contribution in [0.5, 0.6) is 0 Å². The van der Waals surface area contributed by atoms with E-state index in [4.69, 9.17) is 4.42 Å². The van der Waals surface area contributed by atoms with Crippen molar-refractivity contribution in [3.63, 3.8) is 0 Å². The molecule has 1 unspecified atom stereocenters. The zero-order chi connectivity index (χ0) is 18.8. The number of hydrogen-bond acceptors (Lipinski definition) is 5. The van der Waals surface area contributed by atoms with E-state index in [1.165, 1.54) is 0 Å². The van der Waals surface area contributed by atoms with Crippen molar-refractivity contribution in [1.82, 2.24) is 19.6 Å². The van der Waals surface area contributed by atoms with Crippen molar-refractivity contribution in [3.05, 3.63) is 71.8 Å². The summed E-state index contributed by atoms with van der Waals surface area (Å²) in [6, 6.07) is 13.7. The maximum Gasteiger partial charge on any atom is 0.264 e. The number of rotatable bonds is 6. The highest BCUT2D eigenvalue weighted by Crippen LogP contribution is 2.23. The van der Waals surface area contributed by atoms with Gasteiger partial charge in [0.2, 0.25) is 5.71 Å². The van der Waals surface area contributed by atoms with E-state index in [2.05, 4.69) is 15.1 Å². The van der Waals surface area contributed by atoms with Gasteiger partial charge in [0.25, 0.3) is 5.89 Å². The summed E-state index contributed by atoms with van der Waals surface area (Å²) in [5, 5.41) is 4.37. The lowest BCUT2D eigenvalue weighted by Crippen LogP contribution is -2.14. The predicted molar refractivity (Wildman–Crippen MR) is 101 cm³/mol. The first-order chi connectivity index (χ1) is 13.2. The van der Waals surface area contributed by atoms with Crippen LogP contribution in [0.15, 0.2) is 59.3 Å². The number of carbonyl (C=O) groups excluding carboxylic acids is 1. The molecule has 136 valence electrons. The van der Waals surface area contributed by atoms with Gasteiger partial charge in [-0.05, 0) is 30.5 Å². The Kier molecular flexibility index (Phi) is 4.54. The van der Waals surface area contributed by atoms with Crippen LogP contribution >= 0.6 is 0 Å². The van der Waals surface area contributed by atoms with Gasteiger partial charge in [-0.25, -0.2) is 4.98 Å².